The van der Waals surface area contributed by atoms with Crippen molar-refractivity contribution < 1.29 is 23.9 Å². The first-order chi connectivity index (χ1) is 18.3. The minimum Gasteiger partial charge on any atom is -0.497 e. The van der Waals surface area contributed by atoms with E-state index in [9.17, 15) is 14.4 Å². The van der Waals surface area contributed by atoms with Crippen molar-refractivity contribution >= 4 is 23.6 Å². The number of hydrogen-bond acceptors (Lipinski definition) is 5. The molecule has 0 saturated carbocycles. The maximum Gasteiger partial charge on any atom is 0.408 e. The fourth-order valence-electron chi connectivity index (χ4n) is 4.23. The van der Waals surface area contributed by atoms with Crippen molar-refractivity contribution in [1.29, 1.82) is 0 Å². The van der Waals surface area contributed by atoms with Crippen molar-refractivity contribution in [2.75, 3.05) is 19.0 Å². The number of carbonyl (C=O) groups excluding carboxylic acids is 3. The van der Waals surface area contributed by atoms with E-state index in [4.69, 9.17) is 9.47 Å². The van der Waals surface area contributed by atoms with Crippen molar-refractivity contribution in [1.82, 2.24) is 10.2 Å². The van der Waals surface area contributed by atoms with Gasteiger partial charge in [0.05, 0.1) is 7.11 Å². The summed E-state index contributed by atoms with van der Waals surface area (Å²) in [6.07, 6.45) is 0.853. The number of hydrogen-bond donors (Lipinski definition) is 2. The molecule has 0 heterocycles. The summed E-state index contributed by atoms with van der Waals surface area (Å²) in [6, 6.07) is 11.0. The van der Waals surface area contributed by atoms with Crippen molar-refractivity contribution in [3.63, 3.8) is 0 Å². The van der Waals surface area contributed by atoms with Gasteiger partial charge in [-0.15, -0.1) is 0 Å². The second kappa shape index (κ2) is 14.0. The number of amides is 3. The fraction of sp³-hybridized carbons (Fsp3) is 0.516. The van der Waals surface area contributed by atoms with Gasteiger partial charge in [0, 0.05) is 12.2 Å². The number of anilines is 1. The van der Waals surface area contributed by atoms with Crippen LogP contribution in [0.15, 0.2) is 42.5 Å². The number of aryl methyl sites for hydroxylation is 1. The van der Waals surface area contributed by atoms with Crippen LogP contribution in [0.2, 0.25) is 0 Å². The number of nitrogens with zero attached hydrogens (tertiary/aromatic N) is 1. The van der Waals surface area contributed by atoms with Gasteiger partial charge < -0.3 is 25.0 Å². The highest BCUT2D eigenvalue weighted by Gasteiger charge is 2.38. The molecule has 2 aromatic rings. The zero-order valence-corrected chi connectivity index (χ0v) is 24.9. The van der Waals surface area contributed by atoms with Gasteiger partial charge in [0.15, 0.2) is 0 Å². The molecular formula is C31H45N3O5. The van der Waals surface area contributed by atoms with Crippen molar-refractivity contribution in [2.24, 2.45) is 5.92 Å². The molecule has 2 atom stereocenters. The van der Waals surface area contributed by atoms with Gasteiger partial charge in [-0.25, -0.2) is 4.79 Å². The Hall–Kier alpha value is -3.55. The van der Waals surface area contributed by atoms with Gasteiger partial charge in [-0.2, -0.15) is 0 Å². The quantitative estimate of drug-likeness (QED) is 0.356. The van der Waals surface area contributed by atoms with Gasteiger partial charge in [-0.05, 0) is 87.9 Å². The highest BCUT2D eigenvalue weighted by molar-refractivity contribution is 5.99. The van der Waals surface area contributed by atoms with Crippen LogP contribution in [-0.4, -0.2) is 48.1 Å². The molecule has 0 aliphatic rings. The third-order valence-electron chi connectivity index (χ3n) is 6.50. The summed E-state index contributed by atoms with van der Waals surface area (Å²) in [6.45, 7) is 15.4. The van der Waals surface area contributed by atoms with Crippen LogP contribution in [0.3, 0.4) is 0 Å². The molecule has 2 unspecified atom stereocenters. The summed E-state index contributed by atoms with van der Waals surface area (Å²) in [5, 5.41) is 5.76. The maximum atomic E-state index is 14.2. The lowest BCUT2D eigenvalue weighted by Gasteiger charge is -2.36. The molecule has 0 aliphatic carbocycles. The van der Waals surface area contributed by atoms with Gasteiger partial charge in [0.1, 0.15) is 23.4 Å². The number of carbonyl (C=O) groups is 3. The molecule has 0 saturated heterocycles. The van der Waals surface area contributed by atoms with E-state index in [1.54, 1.807) is 57.0 Å². The fourth-order valence-corrected chi connectivity index (χ4v) is 4.23. The second-order valence-electron chi connectivity index (χ2n) is 11.2. The molecule has 0 bridgehead atoms. The highest BCUT2D eigenvalue weighted by Crippen LogP contribution is 2.30. The molecule has 39 heavy (non-hydrogen) atoms. The first-order valence-electron chi connectivity index (χ1n) is 13.6. The third kappa shape index (κ3) is 9.01. The summed E-state index contributed by atoms with van der Waals surface area (Å²) in [7, 11) is 1.58. The Morgan fingerprint density at radius 3 is 2.18 bits per heavy atom. The third-order valence-corrected chi connectivity index (χ3v) is 6.50. The van der Waals surface area contributed by atoms with Crippen LogP contribution in [0.5, 0.6) is 5.75 Å². The lowest BCUT2D eigenvalue weighted by Crippen LogP contribution is -2.54. The Labute approximate surface area is 233 Å². The first-order valence-corrected chi connectivity index (χ1v) is 13.6. The Bertz CT molecular complexity index is 1120. The molecule has 0 spiro atoms. The average molecular weight is 540 g/mol. The number of ether oxygens (including phenoxy) is 2. The molecule has 0 radical (unpaired) electrons. The lowest BCUT2D eigenvalue weighted by molar-refractivity contribution is -0.141. The van der Waals surface area contributed by atoms with Crippen molar-refractivity contribution in [3.05, 3.63) is 59.2 Å². The molecule has 0 aromatic heterocycles. The van der Waals surface area contributed by atoms with E-state index in [0.717, 1.165) is 23.1 Å². The number of methoxy groups -OCH3 is 1. The molecule has 2 aromatic carbocycles. The van der Waals surface area contributed by atoms with Crippen LogP contribution < -0.4 is 15.4 Å². The summed E-state index contributed by atoms with van der Waals surface area (Å²) >= 11 is 0. The largest absolute Gasteiger partial charge is 0.497 e. The van der Waals surface area contributed by atoms with Crippen molar-refractivity contribution in [3.8, 4) is 5.75 Å². The summed E-state index contributed by atoms with van der Waals surface area (Å²) in [5.74, 6) is -0.233. The van der Waals surface area contributed by atoms with E-state index in [2.05, 4.69) is 10.6 Å². The minimum atomic E-state index is -0.910. The molecular weight excluding hydrogens is 494 g/mol. The Morgan fingerprint density at radius 1 is 1.00 bits per heavy atom. The standard InChI is InChI=1S/C31H45N3O5/c1-10-11-19-34(29(36)26(20(2)3)33-30(37)39-31(6,7)8)27(25-14-12-13-21(4)22(25)5)28(35)32-23-15-17-24(38-9)18-16-23/h12-18,20,26-27H,10-11,19H2,1-9H3,(H,32,35)(H,33,37). The van der Waals surface area contributed by atoms with E-state index >= 15 is 0 Å². The van der Waals surface area contributed by atoms with Gasteiger partial charge in [-0.3, -0.25) is 9.59 Å². The number of rotatable bonds is 11. The Morgan fingerprint density at radius 2 is 1.64 bits per heavy atom. The summed E-state index contributed by atoms with van der Waals surface area (Å²) in [4.78, 5) is 42.5. The zero-order chi connectivity index (χ0) is 29.3. The number of alkyl carbamates (subject to hydrolysis) is 1. The number of benzene rings is 2. The second-order valence-corrected chi connectivity index (χ2v) is 11.2. The number of unbranched alkanes of at least 4 members (excludes halogenated alkanes) is 1. The van der Waals surface area contributed by atoms with Crippen LogP contribution >= 0.6 is 0 Å². The average Bonchev–Trinajstić information content (AvgIpc) is 2.86. The van der Waals surface area contributed by atoms with Gasteiger partial charge in [-0.1, -0.05) is 45.4 Å². The predicted octanol–water partition coefficient (Wildman–Crippen LogP) is 6.17. The molecule has 3 amide bonds. The molecule has 8 nitrogen and oxygen atoms in total. The van der Waals surface area contributed by atoms with Crippen LogP contribution in [0.25, 0.3) is 0 Å². The highest BCUT2D eigenvalue weighted by atomic mass is 16.6. The minimum absolute atomic E-state index is 0.238. The lowest BCUT2D eigenvalue weighted by atomic mass is 9.93. The van der Waals surface area contributed by atoms with E-state index < -0.39 is 23.8 Å². The molecule has 0 aliphatic heterocycles. The van der Waals surface area contributed by atoms with Gasteiger partial charge in [0.25, 0.3) is 5.91 Å². The topological polar surface area (TPSA) is 97.0 Å². The molecule has 8 heteroatoms. The van der Waals surface area contributed by atoms with Crippen LogP contribution in [-0.2, 0) is 14.3 Å². The smallest absolute Gasteiger partial charge is 0.408 e. The van der Waals surface area contributed by atoms with Gasteiger partial charge >= 0.3 is 6.09 Å². The monoisotopic (exact) mass is 539 g/mol. The van der Waals surface area contributed by atoms with E-state index in [-0.39, 0.29) is 17.7 Å². The zero-order valence-electron chi connectivity index (χ0n) is 24.9. The van der Waals surface area contributed by atoms with E-state index in [1.807, 2.05) is 52.8 Å². The molecule has 2 N–H and O–H groups in total. The molecule has 0 fully saturated rings. The summed E-state index contributed by atoms with van der Waals surface area (Å²) < 4.78 is 10.7. The Balaban J connectivity index is 2.56. The van der Waals surface area contributed by atoms with Crippen LogP contribution in [0.4, 0.5) is 10.5 Å². The van der Waals surface area contributed by atoms with Gasteiger partial charge in [0.2, 0.25) is 5.91 Å². The van der Waals surface area contributed by atoms with E-state index in [1.165, 1.54) is 0 Å². The molecule has 2 rings (SSSR count). The van der Waals surface area contributed by atoms with Crippen LogP contribution in [0.1, 0.15) is 77.1 Å². The predicted molar refractivity (Wildman–Crippen MR) is 155 cm³/mol. The summed E-state index contributed by atoms with van der Waals surface area (Å²) in [5.41, 5.74) is 2.57. The molecule has 214 valence electrons. The van der Waals surface area contributed by atoms with E-state index in [0.29, 0.717) is 24.4 Å². The van der Waals surface area contributed by atoms with Crippen LogP contribution in [0, 0.1) is 19.8 Å². The Kier molecular flexibility index (Phi) is 11.4. The maximum absolute atomic E-state index is 14.2. The number of nitrogens with one attached hydrogen (secondary N) is 2. The van der Waals surface area contributed by atoms with Crippen molar-refractivity contribution in [2.45, 2.75) is 85.9 Å². The first kappa shape index (κ1) is 31.7. The SMILES string of the molecule is CCCCN(C(=O)C(NC(=O)OC(C)(C)C)C(C)C)C(C(=O)Nc1ccc(OC)cc1)c1cccc(C)c1C. The normalized spacial score (nSPS) is 12.9.